The van der Waals surface area contributed by atoms with E-state index in [-0.39, 0.29) is 18.2 Å². The van der Waals surface area contributed by atoms with Gasteiger partial charge in [-0.1, -0.05) is 31.2 Å². The number of para-hydroxylation sites is 1. The van der Waals surface area contributed by atoms with Gasteiger partial charge in [-0.05, 0) is 55.2 Å². The van der Waals surface area contributed by atoms with Crippen LogP contribution in [0.3, 0.4) is 0 Å². The first kappa shape index (κ1) is 16.7. The molecule has 0 fully saturated rings. The lowest BCUT2D eigenvalue weighted by Gasteiger charge is -2.10. The van der Waals surface area contributed by atoms with Gasteiger partial charge in [0.25, 0.3) is 0 Å². The molecule has 2 aromatic carbocycles. The molecular weight excluding hydrogens is 288 g/mol. The van der Waals surface area contributed by atoms with Crippen LogP contribution in [-0.4, -0.2) is 11.8 Å². The first-order valence-electron chi connectivity index (χ1n) is 7.74. The molecule has 0 aromatic heterocycles. The van der Waals surface area contributed by atoms with E-state index in [1.807, 2.05) is 63.2 Å². The van der Waals surface area contributed by atoms with Gasteiger partial charge in [0.15, 0.2) is 0 Å². The maximum absolute atomic E-state index is 12.0. The van der Waals surface area contributed by atoms with Crippen LogP contribution in [0, 0.1) is 13.8 Å². The number of hydrogen-bond acceptors (Lipinski definition) is 2. The Morgan fingerprint density at radius 2 is 1.52 bits per heavy atom. The molecule has 0 spiro atoms. The molecule has 2 N–H and O–H groups in total. The van der Waals surface area contributed by atoms with E-state index in [1.165, 1.54) is 0 Å². The lowest BCUT2D eigenvalue weighted by molar-refractivity contribution is -0.123. The zero-order valence-corrected chi connectivity index (χ0v) is 13.8. The summed E-state index contributed by atoms with van der Waals surface area (Å²) in [7, 11) is 0. The van der Waals surface area contributed by atoms with Gasteiger partial charge in [0, 0.05) is 11.4 Å². The highest BCUT2D eigenvalue weighted by atomic mass is 16.2. The lowest BCUT2D eigenvalue weighted by Crippen LogP contribution is -2.22. The Kier molecular flexibility index (Phi) is 5.52. The Bertz CT molecular complexity index is 703. The third-order valence-electron chi connectivity index (χ3n) is 3.50. The van der Waals surface area contributed by atoms with Gasteiger partial charge in [0.1, 0.15) is 6.42 Å². The molecule has 0 atom stereocenters. The third kappa shape index (κ3) is 4.95. The van der Waals surface area contributed by atoms with Crippen molar-refractivity contribution < 1.29 is 9.59 Å². The fourth-order valence-corrected chi connectivity index (χ4v) is 2.54. The van der Waals surface area contributed by atoms with Gasteiger partial charge in [0.2, 0.25) is 11.8 Å². The normalized spacial score (nSPS) is 10.2. The second kappa shape index (κ2) is 7.58. The van der Waals surface area contributed by atoms with E-state index in [2.05, 4.69) is 10.6 Å². The fourth-order valence-electron chi connectivity index (χ4n) is 2.54. The highest BCUT2D eigenvalue weighted by Gasteiger charge is 2.11. The third-order valence-corrected chi connectivity index (χ3v) is 3.50. The zero-order chi connectivity index (χ0) is 16.8. The summed E-state index contributed by atoms with van der Waals surface area (Å²) >= 11 is 0. The number of rotatable bonds is 5. The van der Waals surface area contributed by atoms with Crippen LogP contribution < -0.4 is 10.6 Å². The molecule has 0 saturated heterocycles. The van der Waals surface area contributed by atoms with Crippen molar-refractivity contribution in [1.29, 1.82) is 0 Å². The molecule has 0 aliphatic heterocycles. The summed E-state index contributed by atoms with van der Waals surface area (Å²) in [6.45, 7) is 5.96. The monoisotopic (exact) mass is 310 g/mol. The summed E-state index contributed by atoms with van der Waals surface area (Å²) in [6, 6.07) is 13.4. The molecule has 2 aromatic rings. The van der Waals surface area contributed by atoms with Crippen molar-refractivity contribution in [2.24, 2.45) is 0 Å². The predicted molar refractivity (Wildman–Crippen MR) is 93.6 cm³/mol. The SMILES string of the molecule is CCc1ccccc1NC(=O)CC(=O)Nc1cc(C)cc(C)c1. The molecule has 2 rings (SSSR count). The molecular formula is C19H22N2O2. The lowest BCUT2D eigenvalue weighted by atomic mass is 10.1. The Balaban J connectivity index is 1.96. The van der Waals surface area contributed by atoms with Crippen molar-refractivity contribution in [2.75, 3.05) is 10.6 Å². The van der Waals surface area contributed by atoms with Crippen molar-refractivity contribution >= 4 is 23.2 Å². The van der Waals surface area contributed by atoms with E-state index in [4.69, 9.17) is 0 Å². The van der Waals surface area contributed by atoms with Crippen LogP contribution in [0.2, 0.25) is 0 Å². The summed E-state index contributed by atoms with van der Waals surface area (Å²) in [5.41, 5.74) is 4.67. The molecule has 120 valence electrons. The number of nitrogens with one attached hydrogen (secondary N) is 2. The van der Waals surface area contributed by atoms with Gasteiger partial charge in [-0.3, -0.25) is 9.59 Å². The van der Waals surface area contributed by atoms with E-state index in [0.717, 1.165) is 28.8 Å². The molecule has 0 heterocycles. The van der Waals surface area contributed by atoms with Crippen LogP contribution in [0.15, 0.2) is 42.5 Å². The maximum Gasteiger partial charge on any atom is 0.233 e. The van der Waals surface area contributed by atoms with Crippen molar-refractivity contribution in [3.63, 3.8) is 0 Å². The van der Waals surface area contributed by atoms with E-state index >= 15 is 0 Å². The van der Waals surface area contributed by atoms with Gasteiger partial charge in [-0.2, -0.15) is 0 Å². The standard InChI is InChI=1S/C19H22N2O2/c1-4-15-7-5-6-8-17(15)21-19(23)12-18(22)20-16-10-13(2)9-14(3)11-16/h5-11H,4,12H2,1-3H3,(H,20,22)(H,21,23). The van der Waals surface area contributed by atoms with Crippen LogP contribution >= 0.6 is 0 Å². The van der Waals surface area contributed by atoms with Crippen molar-refractivity contribution in [1.82, 2.24) is 0 Å². The first-order chi connectivity index (χ1) is 11.0. The highest BCUT2D eigenvalue weighted by molar-refractivity contribution is 6.08. The van der Waals surface area contributed by atoms with Crippen LogP contribution in [0.25, 0.3) is 0 Å². The summed E-state index contributed by atoms with van der Waals surface area (Å²) in [6.07, 6.45) is 0.621. The zero-order valence-electron chi connectivity index (χ0n) is 13.8. The van der Waals surface area contributed by atoms with Gasteiger partial charge in [-0.25, -0.2) is 0 Å². The van der Waals surface area contributed by atoms with Crippen LogP contribution in [0.1, 0.15) is 30.0 Å². The van der Waals surface area contributed by atoms with Gasteiger partial charge in [0.05, 0.1) is 0 Å². The first-order valence-corrected chi connectivity index (χ1v) is 7.74. The maximum atomic E-state index is 12.0. The smallest absolute Gasteiger partial charge is 0.233 e. The number of carbonyl (C=O) groups is 2. The molecule has 23 heavy (non-hydrogen) atoms. The van der Waals surface area contributed by atoms with E-state index < -0.39 is 0 Å². The summed E-state index contributed by atoms with van der Waals surface area (Å²) in [5.74, 6) is -0.630. The number of hydrogen-bond donors (Lipinski definition) is 2. The van der Waals surface area contributed by atoms with Crippen LogP contribution in [-0.2, 0) is 16.0 Å². The van der Waals surface area contributed by atoms with Gasteiger partial charge < -0.3 is 10.6 Å². The molecule has 0 bridgehead atoms. The Morgan fingerprint density at radius 3 is 2.17 bits per heavy atom. The van der Waals surface area contributed by atoms with Crippen molar-refractivity contribution in [3.05, 3.63) is 59.2 Å². The number of amides is 2. The van der Waals surface area contributed by atoms with Gasteiger partial charge in [-0.15, -0.1) is 0 Å². The molecule has 0 aliphatic rings. The molecule has 4 heteroatoms. The van der Waals surface area contributed by atoms with E-state index in [1.54, 1.807) is 0 Å². The molecule has 0 aliphatic carbocycles. The number of anilines is 2. The van der Waals surface area contributed by atoms with Gasteiger partial charge >= 0.3 is 0 Å². The van der Waals surface area contributed by atoms with Crippen molar-refractivity contribution in [3.8, 4) is 0 Å². The van der Waals surface area contributed by atoms with Crippen LogP contribution in [0.4, 0.5) is 11.4 Å². The fraction of sp³-hybridized carbons (Fsp3) is 0.263. The predicted octanol–water partition coefficient (Wildman–Crippen LogP) is 3.83. The largest absolute Gasteiger partial charge is 0.326 e. The average Bonchev–Trinajstić information content (AvgIpc) is 2.46. The average molecular weight is 310 g/mol. The van der Waals surface area contributed by atoms with Crippen LogP contribution in [0.5, 0.6) is 0 Å². The Hall–Kier alpha value is -2.62. The second-order valence-electron chi connectivity index (χ2n) is 5.66. The summed E-state index contributed by atoms with van der Waals surface area (Å²) in [5, 5.41) is 5.57. The van der Waals surface area contributed by atoms with E-state index in [9.17, 15) is 9.59 Å². The number of aryl methyl sites for hydroxylation is 3. The minimum atomic E-state index is -0.318. The summed E-state index contributed by atoms with van der Waals surface area (Å²) < 4.78 is 0. The second-order valence-corrected chi connectivity index (χ2v) is 5.66. The minimum absolute atomic E-state index is 0.203. The Labute approximate surface area is 136 Å². The molecule has 0 radical (unpaired) electrons. The highest BCUT2D eigenvalue weighted by Crippen LogP contribution is 2.16. The number of carbonyl (C=O) groups excluding carboxylic acids is 2. The minimum Gasteiger partial charge on any atom is -0.326 e. The summed E-state index contributed by atoms with van der Waals surface area (Å²) in [4.78, 5) is 24.1. The van der Waals surface area contributed by atoms with Crippen molar-refractivity contribution in [2.45, 2.75) is 33.6 Å². The molecule has 0 saturated carbocycles. The number of benzene rings is 2. The quantitative estimate of drug-likeness (QED) is 0.825. The Morgan fingerprint density at radius 1 is 0.913 bits per heavy atom. The van der Waals surface area contributed by atoms with E-state index in [0.29, 0.717) is 5.69 Å². The molecule has 2 amide bonds. The topological polar surface area (TPSA) is 58.2 Å². The molecule has 4 nitrogen and oxygen atoms in total. The molecule has 0 unspecified atom stereocenters.